The molecule has 1 amide bonds. The molecule has 0 spiro atoms. The van der Waals surface area contributed by atoms with E-state index in [1.807, 2.05) is 12.1 Å². The molecule has 2 aromatic rings. The quantitative estimate of drug-likeness (QED) is 0.541. The lowest BCUT2D eigenvalue weighted by atomic mass is 9.45. The number of ketones is 1. The van der Waals surface area contributed by atoms with E-state index in [-0.39, 0.29) is 34.4 Å². The third-order valence-corrected chi connectivity index (χ3v) is 10.8. The molecule has 7 nitrogen and oxygen atoms in total. The Kier molecular flexibility index (Phi) is 5.27. The molecule has 2 heterocycles. The fourth-order valence-electron chi connectivity index (χ4n) is 8.40. The highest BCUT2D eigenvalue weighted by Crippen LogP contribution is 2.66. The minimum Gasteiger partial charge on any atom is -0.393 e. The van der Waals surface area contributed by atoms with E-state index in [0.29, 0.717) is 29.8 Å². The number of nitrogens with one attached hydrogen (secondary N) is 2. The van der Waals surface area contributed by atoms with Gasteiger partial charge in [-0.1, -0.05) is 30.8 Å². The van der Waals surface area contributed by atoms with Crippen molar-refractivity contribution in [1.29, 1.82) is 5.41 Å². The SMILES string of the molecule is CC12CC(C=N)C(=O)C=C1CCC1C2C(O)CC2(C)C(C(=O)Nc3nc4cccnc4s3)CCC12. The summed E-state index contributed by atoms with van der Waals surface area (Å²) in [5.41, 5.74) is 1.39. The number of aliphatic hydroxyl groups excluding tert-OH is 1. The van der Waals surface area contributed by atoms with Gasteiger partial charge in [-0.15, -0.1) is 0 Å². The number of anilines is 1. The van der Waals surface area contributed by atoms with E-state index in [1.165, 1.54) is 17.6 Å². The number of fused-ring (bicyclic) bond motifs is 6. The van der Waals surface area contributed by atoms with Gasteiger partial charge in [0.1, 0.15) is 10.3 Å². The van der Waals surface area contributed by atoms with E-state index >= 15 is 0 Å². The molecule has 8 unspecified atom stereocenters. The van der Waals surface area contributed by atoms with Crippen molar-refractivity contribution in [1.82, 2.24) is 9.97 Å². The Labute approximate surface area is 208 Å². The van der Waals surface area contributed by atoms with Crippen molar-refractivity contribution in [3.05, 3.63) is 30.0 Å². The Bertz CT molecular complexity index is 1220. The molecular formula is C27H32N4O3S. The molecule has 8 heteroatoms. The number of pyridine rings is 1. The van der Waals surface area contributed by atoms with Crippen molar-refractivity contribution >= 4 is 44.7 Å². The first-order chi connectivity index (χ1) is 16.7. The number of aliphatic hydroxyl groups is 1. The molecule has 8 atom stereocenters. The zero-order chi connectivity index (χ0) is 24.5. The van der Waals surface area contributed by atoms with Crippen LogP contribution in [0, 0.1) is 45.8 Å². The van der Waals surface area contributed by atoms with E-state index in [4.69, 9.17) is 5.41 Å². The van der Waals surface area contributed by atoms with Crippen molar-refractivity contribution in [2.24, 2.45) is 40.4 Å². The Morgan fingerprint density at radius 1 is 1.29 bits per heavy atom. The molecule has 3 fully saturated rings. The predicted octanol–water partition coefficient (Wildman–Crippen LogP) is 4.62. The van der Waals surface area contributed by atoms with Crippen LogP contribution < -0.4 is 5.32 Å². The largest absolute Gasteiger partial charge is 0.393 e. The molecule has 0 bridgehead atoms. The number of aromatic nitrogens is 2. The molecule has 3 saturated carbocycles. The summed E-state index contributed by atoms with van der Waals surface area (Å²) in [5, 5.41) is 23.0. The van der Waals surface area contributed by atoms with E-state index in [0.717, 1.165) is 41.6 Å². The van der Waals surface area contributed by atoms with Gasteiger partial charge < -0.3 is 15.8 Å². The van der Waals surface area contributed by atoms with Gasteiger partial charge in [0.2, 0.25) is 5.91 Å². The number of carbonyl (C=O) groups is 2. The lowest BCUT2D eigenvalue weighted by Crippen LogP contribution is -2.58. The second kappa shape index (κ2) is 8.03. The fourth-order valence-corrected chi connectivity index (χ4v) is 9.21. The summed E-state index contributed by atoms with van der Waals surface area (Å²) in [6.45, 7) is 4.40. The number of amides is 1. The first kappa shape index (κ1) is 23.0. The second-order valence-corrected chi connectivity index (χ2v) is 12.5. The highest BCUT2D eigenvalue weighted by Gasteiger charge is 2.63. The number of hydrogen-bond donors (Lipinski definition) is 3. The number of nitrogens with zero attached hydrogens (tertiary/aromatic N) is 2. The zero-order valence-electron chi connectivity index (χ0n) is 20.2. The number of thiazole rings is 1. The minimum absolute atomic E-state index is 0.00514. The summed E-state index contributed by atoms with van der Waals surface area (Å²) in [6, 6.07) is 3.74. The topological polar surface area (TPSA) is 116 Å². The molecule has 6 rings (SSSR count). The molecule has 35 heavy (non-hydrogen) atoms. The van der Waals surface area contributed by atoms with Gasteiger partial charge >= 0.3 is 0 Å². The van der Waals surface area contributed by atoms with Crippen molar-refractivity contribution in [2.75, 3.05) is 5.32 Å². The van der Waals surface area contributed by atoms with Gasteiger partial charge in [-0.25, -0.2) is 9.97 Å². The number of rotatable bonds is 3. The molecular weight excluding hydrogens is 460 g/mol. The summed E-state index contributed by atoms with van der Waals surface area (Å²) < 4.78 is 0. The lowest BCUT2D eigenvalue weighted by molar-refractivity contribution is -0.144. The predicted molar refractivity (Wildman–Crippen MR) is 135 cm³/mol. The van der Waals surface area contributed by atoms with Crippen LogP contribution in [0.2, 0.25) is 0 Å². The van der Waals surface area contributed by atoms with Crippen LogP contribution in [0.25, 0.3) is 10.3 Å². The standard InChI is InChI=1S/C27H32N4O3S/c1-26-11-14(13-28)20(32)10-15(26)5-6-16-17-7-8-18(27(17,2)12-21(33)22(16)26)23(34)31-25-30-19-4-3-9-29-24(19)35-25/h3-4,9-10,13-14,16-18,21-22,28,33H,5-8,11-12H2,1-2H3,(H,30,31,34). The molecule has 2 aromatic heterocycles. The maximum absolute atomic E-state index is 13.5. The first-order valence-electron chi connectivity index (χ1n) is 12.7. The van der Waals surface area contributed by atoms with Crippen molar-refractivity contribution in [2.45, 2.75) is 58.5 Å². The third-order valence-electron chi connectivity index (χ3n) is 9.91. The summed E-state index contributed by atoms with van der Waals surface area (Å²) in [4.78, 5) is 35.7. The summed E-state index contributed by atoms with van der Waals surface area (Å²) in [5.74, 6) is 0.197. The van der Waals surface area contributed by atoms with Crippen molar-refractivity contribution in [3.63, 3.8) is 0 Å². The molecule has 4 aliphatic rings. The van der Waals surface area contributed by atoms with Crippen LogP contribution in [0.3, 0.4) is 0 Å². The van der Waals surface area contributed by atoms with Gasteiger partial charge in [0, 0.05) is 18.3 Å². The molecule has 3 N–H and O–H groups in total. The minimum atomic E-state index is -0.533. The van der Waals surface area contributed by atoms with Gasteiger partial charge in [0.05, 0.1) is 12.0 Å². The molecule has 0 aromatic carbocycles. The number of carbonyl (C=O) groups excluding carboxylic acids is 2. The van der Waals surface area contributed by atoms with E-state index in [2.05, 4.69) is 29.1 Å². The van der Waals surface area contributed by atoms with Gasteiger partial charge in [0.15, 0.2) is 10.9 Å². The van der Waals surface area contributed by atoms with Crippen LogP contribution in [0.15, 0.2) is 30.0 Å². The lowest BCUT2D eigenvalue weighted by Gasteiger charge is -2.60. The van der Waals surface area contributed by atoms with Gasteiger partial charge in [-0.2, -0.15) is 0 Å². The zero-order valence-corrected chi connectivity index (χ0v) is 21.0. The second-order valence-electron chi connectivity index (χ2n) is 11.5. The van der Waals surface area contributed by atoms with Crippen LogP contribution in [0.4, 0.5) is 5.13 Å². The Morgan fingerprint density at radius 2 is 2.11 bits per heavy atom. The van der Waals surface area contributed by atoms with Crippen LogP contribution in [-0.4, -0.2) is 39.1 Å². The molecule has 0 aliphatic heterocycles. The van der Waals surface area contributed by atoms with Crippen molar-refractivity contribution in [3.8, 4) is 0 Å². The van der Waals surface area contributed by atoms with Gasteiger partial charge in [-0.3, -0.25) is 9.59 Å². The summed E-state index contributed by atoms with van der Waals surface area (Å²) in [6.07, 6.45) is 9.04. The van der Waals surface area contributed by atoms with Crippen molar-refractivity contribution < 1.29 is 14.7 Å². The highest BCUT2D eigenvalue weighted by atomic mass is 32.1. The first-order valence-corrected chi connectivity index (χ1v) is 13.5. The van der Waals surface area contributed by atoms with E-state index < -0.39 is 12.0 Å². The Morgan fingerprint density at radius 3 is 2.89 bits per heavy atom. The molecule has 0 radical (unpaired) electrons. The maximum Gasteiger partial charge on any atom is 0.229 e. The number of allylic oxidation sites excluding steroid dienone is 1. The molecule has 184 valence electrons. The molecule has 0 saturated heterocycles. The fraction of sp³-hybridized carbons (Fsp3) is 0.593. The third kappa shape index (κ3) is 3.36. The van der Waals surface area contributed by atoms with Crippen LogP contribution in [0.5, 0.6) is 0 Å². The van der Waals surface area contributed by atoms with Gasteiger partial charge in [0.25, 0.3) is 0 Å². The van der Waals surface area contributed by atoms with Gasteiger partial charge in [-0.05, 0) is 85.3 Å². The van der Waals surface area contributed by atoms with Crippen LogP contribution >= 0.6 is 11.3 Å². The smallest absolute Gasteiger partial charge is 0.229 e. The summed E-state index contributed by atoms with van der Waals surface area (Å²) in [7, 11) is 0. The van der Waals surface area contributed by atoms with Crippen LogP contribution in [-0.2, 0) is 9.59 Å². The monoisotopic (exact) mass is 492 g/mol. The Hall–Kier alpha value is -2.45. The molecule has 4 aliphatic carbocycles. The van der Waals surface area contributed by atoms with Crippen LogP contribution in [0.1, 0.15) is 52.4 Å². The average molecular weight is 493 g/mol. The van der Waals surface area contributed by atoms with E-state index in [1.54, 1.807) is 12.3 Å². The van der Waals surface area contributed by atoms with E-state index in [9.17, 15) is 14.7 Å². The normalized spacial score (nSPS) is 40.4. The maximum atomic E-state index is 13.5. The number of hydrogen-bond acceptors (Lipinski definition) is 7. The summed E-state index contributed by atoms with van der Waals surface area (Å²) >= 11 is 1.39. The average Bonchev–Trinajstić information content (AvgIpc) is 3.38. The Balaban J connectivity index is 1.27. The highest BCUT2D eigenvalue weighted by molar-refractivity contribution is 7.21.